The lowest BCUT2D eigenvalue weighted by molar-refractivity contribution is 0.0783. The summed E-state index contributed by atoms with van der Waals surface area (Å²) in [4.78, 5) is 14.0. The van der Waals surface area contributed by atoms with Gasteiger partial charge in [-0.15, -0.1) is 0 Å². The number of furan rings is 1. The highest BCUT2D eigenvalue weighted by Crippen LogP contribution is 2.23. The van der Waals surface area contributed by atoms with Crippen LogP contribution >= 0.6 is 15.9 Å². The molecule has 21 heavy (non-hydrogen) atoms. The third-order valence-corrected chi connectivity index (χ3v) is 4.05. The number of hydrogen-bond acceptors (Lipinski definition) is 2. The van der Waals surface area contributed by atoms with E-state index in [1.807, 2.05) is 0 Å². The second-order valence-corrected chi connectivity index (χ2v) is 6.94. The molecule has 0 N–H and O–H groups in total. The van der Waals surface area contributed by atoms with Gasteiger partial charge in [0.05, 0.1) is 11.8 Å². The van der Waals surface area contributed by atoms with Crippen molar-refractivity contribution in [2.45, 2.75) is 32.7 Å². The molecule has 1 aromatic heterocycles. The zero-order valence-electron chi connectivity index (χ0n) is 12.8. The molecule has 112 valence electrons. The Labute approximate surface area is 134 Å². The van der Waals surface area contributed by atoms with Gasteiger partial charge in [-0.3, -0.25) is 4.79 Å². The normalized spacial score (nSPS) is 11.5. The number of carbonyl (C=O) groups is 1. The largest absolute Gasteiger partial charge is 0.457 e. The van der Waals surface area contributed by atoms with Gasteiger partial charge in [-0.2, -0.15) is 0 Å². The van der Waals surface area contributed by atoms with Gasteiger partial charge in [-0.05, 0) is 38.5 Å². The number of rotatable bonds is 3. The second kappa shape index (κ2) is 6.06. The highest BCUT2D eigenvalue weighted by molar-refractivity contribution is 9.10. The third-order valence-electron chi connectivity index (χ3n) is 3.43. The Bertz CT molecular complexity index is 623. The Balaban J connectivity index is 2.08. The Morgan fingerprint density at radius 2 is 1.81 bits per heavy atom. The zero-order valence-corrected chi connectivity index (χ0v) is 14.4. The molecule has 1 amide bonds. The van der Waals surface area contributed by atoms with E-state index in [2.05, 4.69) is 61.0 Å². The Morgan fingerprint density at radius 1 is 1.19 bits per heavy atom. The smallest absolute Gasteiger partial charge is 0.258 e. The molecule has 0 saturated heterocycles. The SMILES string of the molecule is CN(Cc1ccc(C(C)(C)C)cc1)C(=O)c1ccoc1Br. The van der Waals surface area contributed by atoms with E-state index < -0.39 is 0 Å². The van der Waals surface area contributed by atoms with Gasteiger partial charge in [0.2, 0.25) is 0 Å². The number of benzene rings is 1. The van der Waals surface area contributed by atoms with Crippen molar-refractivity contribution in [3.63, 3.8) is 0 Å². The van der Waals surface area contributed by atoms with Crippen molar-refractivity contribution in [2.75, 3.05) is 7.05 Å². The van der Waals surface area contributed by atoms with E-state index in [1.165, 1.54) is 11.8 Å². The van der Waals surface area contributed by atoms with Gasteiger partial charge in [0, 0.05) is 13.6 Å². The molecular weight excluding hydrogens is 330 g/mol. The average molecular weight is 350 g/mol. The predicted molar refractivity (Wildman–Crippen MR) is 87.3 cm³/mol. The number of carbonyl (C=O) groups excluding carboxylic acids is 1. The van der Waals surface area contributed by atoms with Crippen molar-refractivity contribution in [3.8, 4) is 0 Å². The summed E-state index contributed by atoms with van der Waals surface area (Å²) >= 11 is 3.24. The van der Waals surface area contributed by atoms with E-state index in [0.717, 1.165) is 5.56 Å². The van der Waals surface area contributed by atoms with Crippen molar-refractivity contribution >= 4 is 21.8 Å². The maximum absolute atomic E-state index is 12.3. The molecule has 4 heteroatoms. The standard InChI is InChI=1S/C17H20BrNO2/c1-17(2,3)13-7-5-12(6-8-13)11-19(4)16(20)14-9-10-21-15(14)18/h5-10H,11H2,1-4H3. The number of amides is 1. The van der Waals surface area contributed by atoms with E-state index in [1.54, 1.807) is 18.0 Å². The molecule has 1 aromatic carbocycles. The molecule has 0 bridgehead atoms. The van der Waals surface area contributed by atoms with Crippen LogP contribution in [-0.2, 0) is 12.0 Å². The van der Waals surface area contributed by atoms with Crippen LogP contribution in [0.15, 0.2) is 45.7 Å². The van der Waals surface area contributed by atoms with E-state index >= 15 is 0 Å². The summed E-state index contributed by atoms with van der Waals surface area (Å²) in [6.45, 7) is 7.14. The Hall–Kier alpha value is -1.55. The van der Waals surface area contributed by atoms with Crippen LogP contribution in [0.1, 0.15) is 42.3 Å². The van der Waals surface area contributed by atoms with Crippen LogP contribution in [0.2, 0.25) is 0 Å². The van der Waals surface area contributed by atoms with Gasteiger partial charge in [0.1, 0.15) is 0 Å². The zero-order chi connectivity index (χ0) is 15.6. The molecule has 0 aliphatic heterocycles. The van der Waals surface area contributed by atoms with Crippen molar-refractivity contribution in [3.05, 3.63) is 58.0 Å². The lowest BCUT2D eigenvalue weighted by Gasteiger charge is -2.20. The molecule has 0 aliphatic carbocycles. The molecule has 2 aromatic rings. The summed E-state index contributed by atoms with van der Waals surface area (Å²) < 4.78 is 5.58. The fourth-order valence-electron chi connectivity index (χ4n) is 2.11. The number of nitrogens with zero attached hydrogens (tertiary/aromatic N) is 1. The van der Waals surface area contributed by atoms with Crippen LogP contribution in [0.25, 0.3) is 0 Å². The minimum atomic E-state index is -0.0597. The first kappa shape index (κ1) is 15.8. The van der Waals surface area contributed by atoms with E-state index in [4.69, 9.17) is 4.42 Å². The van der Waals surface area contributed by atoms with Crippen molar-refractivity contribution in [2.24, 2.45) is 0 Å². The maximum Gasteiger partial charge on any atom is 0.258 e. The molecule has 0 saturated carbocycles. The van der Waals surface area contributed by atoms with E-state index in [-0.39, 0.29) is 11.3 Å². The molecule has 0 spiro atoms. The highest BCUT2D eigenvalue weighted by atomic mass is 79.9. The number of hydrogen-bond donors (Lipinski definition) is 0. The first-order valence-corrected chi connectivity index (χ1v) is 7.66. The summed E-state index contributed by atoms with van der Waals surface area (Å²) in [5, 5.41) is 0. The predicted octanol–water partition coefficient (Wildman–Crippen LogP) is 4.61. The van der Waals surface area contributed by atoms with Crippen LogP contribution < -0.4 is 0 Å². The first-order valence-electron chi connectivity index (χ1n) is 6.87. The fourth-order valence-corrected chi connectivity index (χ4v) is 2.52. The first-order chi connectivity index (χ1) is 9.79. The lowest BCUT2D eigenvalue weighted by atomic mass is 9.87. The van der Waals surface area contributed by atoms with Gasteiger partial charge in [-0.1, -0.05) is 45.0 Å². The van der Waals surface area contributed by atoms with Gasteiger partial charge < -0.3 is 9.32 Å². The summed E-state index contributed by atoms with van der Waals surface area (Å²) in [5.74, 6) is -0.0597. The molecule has 0 aliphatic rings. The summed E-state index contributed by atoms with van der Waals surface area (Å²) in [6.07, 6.45) is 1.50. The lowest BCUT2D eigenvalue weighted by Crippen LogP contribution is -2.26. The monoisotopic (exact) mass is 349 g/mol. The van der Waals surface area contributed by atoms with Crippen molar-refractivity contribution in [1.82, 2.24) is 4.90 Å². The number of halogens is 1. The average Bonchev–Trinajstić information content (AvgIpc) is 2.83. The van der Waals surface area contributed by atoms with Crippen molar-refractivity contribution in [1.29, 1.82) is 0 Å². The van der Waals surface area contributed by atoms with Gasteiger partial charge in [0.25, 0.3) is 5.91 Å². The van der Waals surface area contributed by atoms with Crippen molar-refractivity contribution < 1.29 is 9.21 Å². The van der Waals surface area contributed by atoms with Crippen LogP contribution in [0.5, 0.6) is 0 Å². The van der Waals surface area contributed by atoms with Crippen LogP contribution in [0, 0.1) is 0 Å². The Kier molecular flexibility index (Phi) is 4.57. The molecule has 0 atom stereocenters. The van der Waals surface area contributed by atoms with Crippen LogP contribution in [-0.4, -0.2) is 17.9 Å². The molecule has 0 radical (unpaired) electrons. The molecule has 3 nitrogen and oxygen atoms in total. The van der Waals surface area contributed by atoms with Gasteiger partial charge in [-0.25, -0.2) is 0 Å². The summed E-state index contributed by atoms with van der Waals surface area (Å²) in [6, 6.07) is 10.1. The summed E-state index contributed by atoms with van der Waals surface area (Å²) in [5.41, 5.74) is 3.09. The molecule has 0 fully saturated rings. The fraction of sp³-hybridized carbons (Fsp3) is 0.353. The molecule has 0 unspecified atom stereocenters. The molecular formula is C17H20BrNO2. The van der Waals surface area contributed by atoms with Gasteiger partial charge in [0.15, 0.2) is 4.67 Å². The topological polar surface area (TPSA) is 33.5 Å². The Morgan fingerprint density at radius 3 is 2.29 bits per heavy atom. The minimum Gasteiger partial charge on any atom is -0.457 e. The van der Waals surface area contributed by atoms with E-state index in [0.29, 0.717) is 16.8 Å². The van der Waals surface area contributed by atoms with Crippen LogP contribution in [0.4, 0.5) is 0 Å². The quantitative estimate of drug-likeness (QED) is 0.810. The van der Waals surface area contributed by atoms with Crippen LogP contribution in [0.3, 0.4) is 0 Å². The minimum absolute atomic E-state index is 0.0597. The molecule has 2 rings (SSSR count). The molecule has 1 heterocycles. The second-order valence-electron chi connectivity index (χ2n) is 6.22. The van der Waals surface area contributed by atoms with E-state index in [9.17, 15) is 4.79 Å². The van der Waals surface area contributed by atoms with Gasteiger partial charge >= 0.3 is 0 Å². The maximum atomic E-state index is 12.3. The third kappa shape index (κ3) is 3.76. The highest BCUT2D eigenvalue weighted by Gasteiger charge is 2.18. The summed E-state index contributed by atoms with van der Waals surface area (Å²) in [7, 11) is 1.79.